The zero-order valence-electron chi connectivity index (χ0n) is 11.5. The number of nitrogens with one attached hydrogen (secondary N) is 1. The van der Waals surface area contributed by atoms with Crippen LogP contribution in [0.5, 0.6) is 0 Å². The summed E-state index contributed by atoms with van der Waals surface area (Å²) in [6, 6.07) is 10.7. The highest BCUT2D eigenvalue weighted by molar-refractivity contribution is 9.10. The zero-order chi connectivity index (χ0) is 15.4. The number of hydrogen-bond donors (Lipinski definition) is 1. The summed E-state index contributed by atoms with van der Waals surface area (Å²) in [5.74, 6) is -1.69. The Morgan fingerprint density at radius 1 is 1.14 bits per heavy atom. The summed E-state index contributed by atoms with van der Waals surface area (Å²) >= 11 is 6.61. The van der Waals surface area contributed by atoms with Crippen LogP contribution in [0.2, 0.25) is 0 Å². The first-order chi connectivity index (χ1) is 10.0. The predicted octanol–water partition coefficient (Wildman–Crippen LogP) is 5.38. The SMILES string of the molecule is CCNC(Cc1cccc(Br)c1)c1ccc(F)c(F)c1Br. The van der Waals surface area contributed by atoms with Crippen molar-refractivity contribution < 1.29 is 8.78 Å². The summed E-state index contributed by atoms with van der Waals surface area (Å²) in [4.78, 5) is 0. The van der Waals surface area contributed by atoms with Crippen molar-refractivity contribution in [3.63, 3.8) is 0 Å². The van der Waals surface area contributed by atoms with Gasteiger partial charge in [0.15, 0.2) is 11.6 Å². The fourth-order valence-electron chi connectivity index (χ4n) is 2.25. The van der Waals surface area contributed by atoms with Crippen molar-refractivity contribution in [3.8, 4) is 0 Å². The summed E-state index contributed by atoms with van der Waals surface area (Å²) in [6.07, 6.45) is 0.691. The highest BCUT2D eigenvalue weighted by atomic mass is 79.9. The molecule has 0 saturated carbocycles. The Labute approximate surface area is 140 Å². The fraction of sp³-hybridized carbons (Fsp3) is 0.250. The van der Waals surface area contributed by atoms with Gasteiger partial charge < -0.3 is 5.32 Å². The van der Waals surface area contributed by atoms with E-state index in [1.54, 1.807) is 6.07 Å². The molecule has 0 spiro atoms. The molecule has 1 atom stereocenters. The van der Waals surface area contributed by atoms with Gasteiger partial charge in [0.25, 0.3) is 0 Å². The van der Waals surface area contributed by atoms with E-state index in [1.165, 1.54) is 6.07 Å². The van der Waals surface area contributed by atoms with Crippen molar-refractivity contribution >= 4 is 31.9 Å². The molecule has 0 saturated heterocycles. The van der Waals surface area contributed by atoms with Crippen molar-refractivity contribution in [2.75, 3.05) is 6.54 Å². The molecule has 2 aromatic rings. The van der Waals surface area contributed by atoms with Gasteiger partial charge in [-0.3, -0.25) is 0 Å². The lowest BCUT2D eigenvalue weighted by atomic mass is 9.98. The van der Waals surface area contributed by atoms with E-state index in [0.717, 1.165) is 22.1 Å². The van der Waals surface area contributed by atoms with Crippen molar-refractivity contribution in [1.82, 2.24) is 5.32 Å². The first kappa shape index (κ1) is 16.6. The summed E-state index contributed by atoms with van der Waals surface area (Å²) in [5, 5.41) is 3.32. The van der Waals surface area contributed by atoms with Gasteiger partial charge in [-0.2, -0.15) is 0 Å². The normalized spacial score (nSPS) is 12.4. The van der Waals surface area contributed by atoms with Gasteiger partial charge >= 0.3 is 0 Å². The zero-order valence-corrected chi connectivity index (χ0v) is 14.6. The monoisotopic (exact) mass is 417 g/mol. The first-order valence-corrected chi connectivity index (χ1v) is 8.22. The molecule has 1 N–H and O–H groups in total. The molecule has 0 bridgehead atoms. The van der Waals surface area contributed by atoms with E-state index in [9.17, 15) is 8.78 Å². The van der Waals surface area contributed by atoms with Gasteiger partial charge in [-0.15, -0.1) is 0 Å². The smallest absolute Gasteiger partial charge is 0.173 e. The van der Waals surface area contributed by atoms with E-state index in [4.69, 9.17) is 0 Å². The minimum atomic E-state index is -0.844. The number of halogens is 4. The van der Waals surface area contributed by atoms with Crippen molar-refractivity contribution in [1.29, 1.82) is 0 Å². The van der Waals surface area contributed by atoms with E-state index in [0.29, 0.717) is 6.42 Å². The maximum atomic E-state index is 13.7. The molecule has 0 aliphatic heterocycles. The quantitative estimate of drug-likeness (QED) is 0.642. The maximum Gasteiger partial charge on any atom is 0.173 e. The predicted molar refractivity (Wildman–Crippen MR) is 88.3 cm³/mol. The number of likely N-dealkylation sites (N-methyl/N-ethyl adjacent to an activating group) is 1. The molecule has 0 aliphatic rings. The summed E-state index contributed by atoms with van der Waals surface area (Å²) in [7, 11) is 0. The Balaban J connectivity index is 2.33. The molecule has 21 heavy (non-hydrogen) atoms. The lowest BCUT2D eigenvalue weighted by Crippen LogP contribution is -2.23. The Morgan fingerprint density at radius 3 is 2.57 bits per heavy atom. The van der Waals surface area contributed by atoms with Gasteiger partial charge in [0.05, 0.1) is 4.47 Å². The van der Waals surface area contributed by atoms with Crippen LogP contribution in [-0.4, -0.2) is 6.54 Å². The number of benzene rings is 2. The molecule has 0 amide bonds. The number of rotatable bonds is 5. The fourth-order valence-corrected chi connectivity index (χ4v) is 3.29. The average Bonchev–Trinajstić information content (AvgIpc) is 2.45. The lowest BCUT2D eigenvalue weighted by Gasteiger charge is -2.20. The molecule has 1 unspecified atom stereocenters. The van der Waals surface area contributed by atoms with E-state index in [2.05, 4.69) is 37.2 Å². The largest absolute Gasteiger partial charge is 0.310 e. The maximum absolute atomic E-state index is 13.7. The van der Waals surface area contributed by atoms with Gasteiger partial charge in [-0.25, -0.2) is 8.78 Å². The highest BCUT2D eigenvalue weighted by Crippen LogP contribution is 2.30. The molecular weight excluding hydrogens is 404 g/mol. The minimum Gasteiger partial charge on any atom is -0.310 e. The van der Waals surface area contributed by atoms with Gasteiger partial charge in [0.1, 0.15) is 0 Å². The van der Waals surface area contributed by atoms with Crippen LogP contribution < -0.4 is 5.32 Å². The Kier molecular flexibility index (Phi) is 5.90. The van der Waals surface area contributed by atoms with Crippen LogP contribution in [0.1, 0.15) is 24.1 Å². The molecule has 2 aromatic carbocycles. The number of hydrogen-bond acceptors (Lipinski definition) is 1. The van der Waals surface area contributed by atoms with E-state index >= 15 is 0 Å². The van der Waals surface area contributed by atoms with Crippen molar-refractivity contribution in [3.05, 3.63) is 68.1 Å². The lowest BCUT2D eigenvalue weighted by molar-refractivity contribution is 0.491. The molecule has 1 nitrogen and oxygen atoms in total. The van der Waals surface area contributed by atoms with Crippen LogP contribution in [-0.2, 0) is 6.42 Å². The molecule has 0 heterocycles. The third-order valence-corrected chi connectivity index (χ3v) is 4.52. The second-order valence-electron chi connectivity index (χ2n) is 4.71. The van der Waals surface area contributed by atoms with E-state index in [-0.39, 0.29) is 10.5 Å². The highest BCUT2D eigenvalue weighted by Gasteiger charge is 2.19. The Bertz CT molecular complexity index is 632. The first-order valence-electron chi connectivity index (χ1n) is 6.64. The molecule has 0 radical (unpaired) electrons. The third-order valence-electron chi connectivity index (χ3n) is 3.22. The topological polar surface area (TPSA) is 12.0 Å². The minimum absolute atomic E-state index is 0.0891. The van der Waals surface area contributed by atoms with Crippen LogP contribution in [0.15, 0.2) is 45.3 Å². The Morgan fingerprint density at radius 2 is 1.90 bits per heavy atom. The van der Waals surface area contributed by atoms with Crippen molar-refractivity contribution in [2.24, 2.45) is 0 Å². The van der Waals surface area contributed by atoms with Crippen LogP contribution in [0.3, 0.4) is 0 Å². The van der Waals surface area contributed by atoms with Gasteiger partial charge in [0, 0.05) is 10.5 Å². The van der Waals surface area contributed by atoms with E-state index < -0.39 is 11.6 Å². The van der Waals surface area contributed by atoms with Gasteiger partial charge in [-0.1, -0.05) is 41.1 Å². The average molecular weight is 419 g/mol. The standard InChI is InChI=1S/C16H15Br2F2N/c1-2-21-14(9-10-4-3-5-11(17)8-10)12-6-7-13(19)16(20)15(12)18/h3-8,14,21H,2,9H2,1H3. The molecule has 5 heteroatoms. The molecule has 0 fully saturated rings. The van der Waals surface area contributed by atoms with Crippen LogP contribution in [0.25, 0.3) is 0 Å². The van der Waals surface area contributed by atoms with Crippen LogP contribution in [0, 0.1) is 11.6 Å². The Hall–Kier alpha value is -0.780. The molecule has 0 aromatic heterocycles. The molecule has 2 rings (SSSR count). The summed E-state index contributed by atoms with van der Waals surface area (Å²) in [6.45, 7) is 2.73. The van der Waals surface area contributed by atoms with Gasteiger partial charge in [0.2, 0.25) is 0 Å². The molecule has 112 valence electrons. The third kappa shape index (κ3) is 4.11. The van der Waals surface area contributed by atoms with E-state index in [1.807, 2.05) is 31.2 Å². The van der Waals surface area contributed by atoms with Crippen LogP contribution in [0.4, 0.5) is 8.78 Å². The van der Waals surface area contributed by atoms with Crippen molar-refractivity contribution in [2.45, 2.75) is 19.4 Å². The summed E-state index contributed by atoms with van der Waals surface area (Å²) < 4.78 is 28.2. The van der Waals surface area contributed by atoms with Gasteiger partial charge in [-0.05, 0) is 58.2 Å². The second-order valence-corrected chi connectivity index (χ2v) is 6.42. The molecule has 0 aliphatic carbocycles. The summed E-state index contributed by atoms with van der Waals surface area (Å²) in [5.41, 5.74) is 1.84. The van der Waals surface area contributed by atoms with Crippen LogP contribution >= 0.6 is 31.9 Å². The second kappa shape index (κ2) is 7.47. The molecular formula is C16H15Br2F2N.